The fraction of sp³-hybridized carbons (Fsp3) is 0.467. The minimum Gasteiger partial charge on any atom is -0.494 e. The zero-order valence-corrected chi connectivity index (χ0v) is 11.8. The van der Waals surface area contributed by atoms with Gasteiger partial charge in [0.2, 0.25) is 0 Å². The second kappa shape index (κ2) is 5.53. The van der Waals surface area contributed by atoms with Crippen molar-refractivity contribution in [3.63, 3.8) is 0 Å². The van der Waals surface area contributed by atoms with Crippen LogP contribution in [0.15, 0.2) is 24.3 Å². The second-order valence-electron chi connectivity index (χ2n) is 5.30. The number of likely N-dealkylation sites (tertiary alicyclic amines) is 1. The van der Waals surface area contributed by atoms with E-state index in [-0.39, 0.29) is 12.5 Å². The Labute approximate surface area is 118 Å². The number of carboxylic acid groups (broad SMARTS) is 1. The first kappa shape index (κ1) is 14.4. The molecule has 1 atom stereocenters. The van der Waals surface area contributed by atoms with Crippen LogP contribution in [0.5, 0.6) is 5.75 Å². The normalized spacial score (nSPS) is 21.8. The molecule has 108 valence electrons. The summed E-state index contributed by atoms with van der Waals surface area (Å²) in [5, 5.41) is 9.20. The van der Waals surface area contributed by atoms with Crippen molar-refractivity contribution in [1.29, 1.82) is 0 Å². The van der Waals surface area contributed by atoms with Gasteiger partial charge in [-0.1, -0.05) is 6.07 Å². The minimum atomic E-state index is -0.851. The molecule has 1 aromatic carbocycles. The highest BCUT2D eigenvalue weighted by molar-refractivity contribution is 5.95. The monoisotopic (exact) mass is 277 g/mol. The maximum absolute atomic E-state index is 12.4. The lowest BCUT2D eigenvalue weighted by atomic mass is 9.90. The average Bonchev–Trinajstić information content (AvgIpc) is 2.83. The number of ether oxygens (including phenoxy) is 1. The van der Waals surface area contributed by atoms with Crippen LogP contribution in [0.2, 0.25) is 0 Å². The topological polar surface area (TPSA) is 66.8 Å². The molecule has 1 aromatic rings. The third-order valence-corrected chi connectivity index (χ3v) is 3.67. The molecule has 0 saturated carbocycles. The predicted molar refractivity (Wildman–Crippen MR) is 73.9 cm³/mol. The van der Waals surface area contributed by atoms with Crippen LogP contribution in [-0.2, 0) is 4.79 Å². The molecule has 1 heterocycles. The summed E-state index contributed by atoms with van der Waals surface area (Å²) in [7, 11) is 0. The van der Waals surface area contributed by atoms with E-state index in [1.54, 1.807) is 36.1 Å². The molecule has 0 aromatic heterocycles. The lowest BCUT2D eigenvalue weighted by Gasteiger charge is -2.20. The number of hydrogen-bond donors (Lipinski definition) is 1. The standard InChI is InChI=1S/C15H19NO4/c1-3-20-12-6-4-5-11(9-12)13(17)16-8-7-15(2,10-16)14(18)19/h4-6,9H,3,7-8,10H2,1-2H3,(H,18,19). The van der Waals surface area contributed by atoms with Gasteiger partial charge in [0.25, 0.3) is 5.91 Å². The van der Waals surface area contributed by atoms with Gasteiger partial charge in [-0.2, -0.15) is 0 Å². The molecule has 1 aliphatic rings. The SMILES string of the molecule is CCOc1cccc(C(=O)N2CCC(C)(C(=O)O)C2)c1. The Balaban J connectivity index is 2.13. The number of carbonyl (C=O) groups is 2. The summed E-state index contributed by atoms with van der Waals surface area (Å²) >= 11 is 0. The smallest absolute Gasteiger partial charge is 0.311 e. The van der Waals surface area contributed by atoms with Crippen molar-refractivity contribution in [3.8, 4) is 5.75 Å². The maximum Gasteiger partial charge on any atom is 0.311 e. The molecule has 1 fully saturated rings. The summed E-state index contributed by atoms with van der Waals surface area (Å²) in [5.74, 6) is -0.342. The Morgan fingerprint density at radius 3 is 2.80 bits per heavy atom. The Morgan fingerprint density at radius 2 is 2.20 bits per heavy atom. The molecule has 2 rings (SSSR count). The number of benzene rings is 1. The van der Waals surface area contributed by atoms with Gasteiger partial charge >= 0.3 is 5.97 Å². The van der Waals surface area contributed by atoms with Crippen molar-refractivity contribution in [1.82, 2.24) is 4.90 Å². The lowest BCUT2D eigenvalue weighted by Crippen LogP contribution is -2.34. The van der Waals surface area contributed by atoms with Gasteiger partial charge in [-0.05, 0) is 38.5 Å². The summed E-state index contributed by atoms with van der Waals surface area (Å²) in [6.07, 6.45) is 0.485. The summed E-state index contributed by atoms with van der Waals surface area (Å²) in [5.41, 5.74) is -0.307. The summed E-state index contributed by atoms with van der Waals surface area (Å²) in [6, 6.07) is 6.99. The van der Waals surface area contributed by atoms with Crippen LogP contribution in [0.1, 0.15) is 30.6 Å². The second-order valence-corrected chi connectivity index (χ2v) is 5.30. The number of aliphatic carboxylic acids is 1. The summed E-state index contributed by atoms with van der Waals surface area (Å²) < 4.78 is 5.37. The van der Waals surface area contributed by atoms with E-state index in [4.69, 9.17) is 4.74 Å². The fourth-order valence-corrected chi connectivity index (χ4v) is 2.38. The predicted octanol–water partition coefficient (Wildman–Crippen LogP) is 2.02. The van der Waals surface area contributed by atoms with Crippen LogP contribution in [0, 0.1) is 5.41 Å². The van der Waals surface area contributed by atoms with Crippen molar-refractivity contribution in [3.05, 3.63) is 29.8 Å². The van der Waals surface area contributed by atoms with Gasteiger partial charge in [-0.3, -0.25) is 9.59 Å². The quantitative estimate of drug-likeness (QED) is 0.914. The zero-order chi connectivity index (χ0) is 14.8. The van der Waals surface area contributed by atoms with Gasteiger partial charge in [0, 0.05) is 18.7 Å². The number of rotatable bonds is 4. The molecule has 5 nitrogen and oxygen atoms in total. The van der Waals surface area contributed by atoms with Crippen LogP contribution in [0.3, 0.4) is 0 Å². The van der Waals surface area contributed by atoms with Crippen molar-refractivity contribution >= 4 is 11.9 Å². The number of hydrogen-bond acceptors (Lipinski definition) is 3. The van der Waals surface area contributed by atoms with Crippen LogP contribution >= 0.6 is 0 Å². The van der Waals surface area contributed by atoms with Crippen molar-refractivity contribution in [2.75, 3.05) is 19.7 Å². The van der Waals surface area contributed by atoms with E-state index in [2.05, 4.69) is 0 Å². The van der Waals surface area contributed by atoms with Crippen molar-refractivity contribution in [2.45, 2.75) is 20.3 Å². The Morgan fingerprint density at radius 1 is 1.45 bits per heavy atom. The molecule has 1 aliphatic heterocycles. The average molecular weight is 277 g/mol. The van der Waals surface area contributed by atoms with E-state index in [1.165, 1.54) is 0 Å². The summed E-state index contributed by atoms with van der Waals surface area (Å²) in [4.78, 5) is 25.2. The molecule has 5 heteroatoms. The number of amides is 1. The molecular weight excluding hydrogens is 258 g/mol. The van der Waals surface area contributed by atoms with E-state index in [1.807, 2.05) is 6.92 Å². The number of nitrogens with zero attached hydrogens (tertiary/aromatic N) is 1. The molecule has 0 aliphatic carbocycles. The maximum atomic E-state index is 12.4. The molecule has 0 bridgehead atoms. The molecule has 0 radical (unpaired) electrons. The Bertz CT molecular complexity index is 528. The first-order chi connectivity index (χ1) is 9.46. The van der Waals surface area contributed by atoms with Crippen LogP contribution in [-0.4, -0.2) is 41.6 Å². The molecule has 1 unspecified atom stereocenters. The number of carboxylic acids is 1. The van der Waals surface area contributed by atoms with E-state index >= 15 is 0 Å². The fourth-order valence-electron chi connectivity index (χ4n) is 2.38. The van der Waals surface area contributed by atoms with E-state index in [9.17, 15) is 14.7 Å². The molecular formula is C15H19NO4. The third-order valence-electron chi connectivity index (χ3n) is 3.67. The van der Waals surface area contributed by atoms with Crippen molar-refractivity contribution in [2.24, 2.45) is 5.41 Å². The van der Waals surface area contributed by atoms with Gasteiger partial charge in [0.15, 0.2) is 0 Å². The Hall–Kier alpha value is -2.04. The van der Waals surface area contributed by atoms with E-state index < -0.39 is 11.4 Å². The highest BCUT2D eigenvalue weighted by atomic mass is 16.5. The lowest BCUT2D eigenvalue weighted by molar-refractivity contribution is -0.147. The van der Waals surface area contributed by atoms with Gasteiger partial charge in [0.1, 0.15) is 5.75 Å². The van der Waals surface area contributed by atoms with Crippen molar-refractivity contribution < 1.29 is 19.4 Å². The largest absolute Gasteiger partial charge is 0.494 e. The van der Waals surface area contributed by atoms with Crippen LogP contribution in [0.4, 0.5) is 0 Å². The van der Waals surface area contributed by atoms with Crippen LogP contribution < -0.4 is 4.74 Å². The molecule has 1 N–H and O–H groups in total. The number of carbonyl (C=O) groups excluding carboxylic acids is 1. The highest BCUT2D eigenvalue weighted by Gasteiger charge is 2.42. The highest BCUT2D eigenvalue weighted by Crippen LogP contribution is 2.31. The Kier molecular flexibility index (Phi) is 3.97. The van der Waals surface area contributed by atoms with Gasteiger partial charge in [-0.15, -0.1) is 0 Å². The first-order valence-corrected chi connectivity index (χ1v) is 6.72. The first-order valence-electron chi connectivity index (χ1n) is 6.72. The van der Waals surface area contributed by atoms with Crippen LogP contribution in [0.25, 0.3) is 0 Å². The van der Waals surface area contributed by atoms with Gasteiger partial charge < -0.3 is 14.7 Å². The van der Waals surface area contributed by atoms with E-state index in [0.717, 1.165) is 0 Å². The van der Waals surface area contributed by atoms with Gasteiger partial charge in [0.05, 0.1) is 12.0 Å². The summed E-state index contributed by atoms with van der Waals surface area (Å²) in [6.45, 7) is 4.82. The molecule has 1 amide bonds. The third kappa shape index (κ3) is 2.76. The van der Waals surface area contributed by atoms with E-state index in [0.29, 0.717) is 30.9 Å². The van der Waals surface area contributed by atoms with Gasteiger partial charge in [-0.25, -0.2) is 0 Å². The zero-order valence-electron chi connectivity index (χ0n) is 11.8. The minimum absolute atomic E-state index is 0.142. The molecule has 1 saturated heterocycles. The molecule has 20 heavy (non-hydrogen) atoms. The molecule has 0 spiro atoms.